The minimum Gasteiger partial charge on any atom is -0.298 e. The van der Waals surface area contributed by atoms with Crippen molar-refractivity contribution in [1.29, 1.82) is 0 Å². The average molecular weight is 193 g/mol. The molecule has 0 radical (unpaired) electrons. The number of hydrogen-bond donors (Lipinski definition) is 0. The molecule has 0 heterocycles. The Morgan fingerprint density at radius 3 is 2.11 bits per heavy atom. The molecule has 1 unspecified atom stereocenters. The summed E-state index contributed by atoms with van der Waals surface area (Å²) in [7, 11) is 0. The van der Waals surface area contributed by atoms with Crippen molar-refractivity contribution in [2.24, 2.45) is 5.92 Å². The largest absolute Gasteiger partial charge is 0.298 e. The van der Waals surface area contributed by atoms with Crippen molar-refractivity contribution < 1.29 is 4.79 Å². The van der Waals surface area contributed by atoms with Crippen molar-refractivity contribution in [3.8, 4) is 0 Å². The fourth-order valence-electron chi connectivity index (χ4n) is 0.563. The fraction of sp³-hybridized carbons (Fsp3) is 0.857. The normalized spacial score (nSPS) is 13.9. The predicted octanol–water partition coefficient (Wildman–Crippen LogP) is 2.39. The fourth-order valence-corrected chi connectivity index (χ4v) is 1.09. The molecule has 0 aromatic carbocycles. The number of carbonyl (C=O) groups is 1. The molecule has 0 saturated heterocycles. The lowest BCUT2D eigenvalue weighted by Crippen LogP contribution is -2.18. The van der Waals surface area contributed by atoms with Crippen molar-refractivity contribution in [2.45, 2.75) is 32.0 Å². The second-order valence-electron chi connectivity index (χ2n) is 2.43. The van der Waals surface area contributed by atoms with Gasteiger partial charge in [-0.3, -0.25) is 4.79 Å². The SMILES string of the molecule is CCC(Br)C(=O)C(C)C. The van der Waals surface area contributed by atoms with Crippen molar-refractivity contribution >= 4 is 21.7 Å². The van der Waals surface area contributed by atoms with Crippen LogP contribution in [-0.4, -0.2) is 10.6 Å². The van der Waals surface area contributed by atoms with Gasteiger partial charge in [-0.25, -0.2) is 0 Å². The quantitative estimate of drug-likeness (QED) is 0.629. The van der Waals surface area contributed by atoms with Crippen molar-refractivity contribution in [3.05, 3.63) is 0 Å². The third kappa shape index (κ3) is 2.99. The molecule has 0 fully saturated rings. The van der Waals surface area contributed by atoms with Crippen LogP contribution in [0.5, 0.6) is 0 Å². The molecule has 1 nitrogen and oxygen atoms in total. The molecule has 0 N–H and O–H groups in total. The number of Topliss-reactive ketones (excluding diaryl/α,β-unsaturated/α-hetero) is 1. The Hall–Kier alpha value is 0.150. The Bertz CT molecular complexity index is 99.1. The van der Waals surface area contributed by atoms with Crippen LogP contribution in [0.25, 0.3) is 0 Å². The Morgan fingerprint density at radius 2 is 2.00 bits per heavy atom. The molecule has 0 aromatic heterocycles. The van der Waals surface area contributed by atoms with E-state index < -0.39 is 0 Å². The predicted molar refractivity (Wildman–Crippen MR) is 42.9 cm³/mol. The van der Waals surface area contributed by atoms with Gasteiger partial charge in [0.1, 0.15) is 5.78 Å². The number of halogens is 1. The van der Waals surface area contributed by atoms with Crippen molar-refractivity contribution in [3.63, 3.8) is 0 Å². The van der Waals surface area contributed by atoms with E-state index in [9.17, 15) is 4.79 Å². The summed E-state index contributed by atoms with van der Waals surface area (Å²) in [5, 5.41) is 0. The van der Waals surface area contributed by atoms with Crippen molar-refractivity contribution in [2.75, 3.05) is 0 Å². The Labute approximate surface area is 65.0 Å². The Morgan fingerprint density at radius 1 is 1.56 bits per heavy atom. The van der Waals surface area contributed by atoms with E-state index >= 15 is 0 Å². The van der Waals surface area contributed by atoms with Gasteiger partial charge in [-0.05, 0) is 6.42 Å². The highest BCUT2D eigenvalue weighted by molar-refractivity contribution is 9.10. The lowest BCUT2D eigenvalue weighted by molar-refractivity contribution is -0.121. The molecule has 0 aliphatic rings. The van der Waals surface area contributed by atoms with E-state index in [0.717, 1.165) is 6.42 Å². The zero-order valence-electron chi connectivity index (χ0n) is 6.15. The van der Waals surface area contributed by atoms with E-state index in [1.165, 1.54) is 0 Å². The highest BCUT2D eigenvalue weighted by Crippen LogP contribution is 2.10. The van der Waals surface area contributed by atoms with Crippen LogP contribution >= 0.6 is 15.9 Å². The zero-order valence-corrected chi connectivity index (χ0v) is 7.73. The van der Waals surface area contributed by atoms with Crippen LogP contribution in [0.15, 0.2) is 0 Å². The summed E-state index contributed by atoms with van der Waals surface area (Å²) in [5.74, 6) is 0.465. The monoisotopic (exact) mass is 192 g/mol. The van der Waals surface area contributed by atoms with Gasteiger partial charge in [0.15, 0.2) is 0 Å². The van der Waals surface area contributed by atoms with Crippen molar-refractivity contribution in [1.82, 2.24) is 0 Å². The maximum atomic E-state index is 11.0. The molecule has 0 amide bonds. The molecule has 0 aliphatic heterocycles. The van der Waals surface area contributed by atoms with E-state index in [0.29, 0.717) is 5.78 Å². The molecule has 2 heteroatoms. The molecule has 1 atom stereocenters. The third-order valence-corrected chi connectivity index (χ3v) is 2.33. The molecule has 54 valence electrons. The molecule has 0 rings (SSSR count). The van der Waals surface area contributed by atoms with Crippen LogP contribution < -0.4 is 0 Å². The summed E-state index contributed by atoms with van der Waals surface area (Å²) in [4.78, 5) is 11.1. The van der Waals surface area contributed by atoms with Gasteiger partial charge in [0.2, 0.25) is 0 Å². The van der Waals surface area contributed by atoms with Crippen LogP contribution in [0.4, 0.5) is 0 Å². The van der Waals surface area contributed by atoms with Gasteiger partial charge in [0.05, 0.1) is 4.83 Å². The van der Waals surface area contributed by atoms with Gasteiger partial charge in [0.25, 0.3) is 0 Å². The van der Waals surface area contributed by atoms with Crippen LogP contribution in [-0.2, 0) is 4.79 Å². The summed E-state index contributed by atoms with van der Waals surface area (Å²) in [6.07, 6.45) is 0.886. The first-order valence-corrected chi connectivity index (χ1v) is 4.19. The Balaban J connectivity index is 3.73. The summed E-state index contributed by atoms with van der Waals surface area (Å²) in [5.41, 5.74) is 0. The average Bonchev–Trinajstić information content (AvgIpc) is 1.84. The van der Waals surface area contributed by atoms with Gasteiger partial charge in [-0.2, -0.15) is 0 Å². The lowest BCUT2D eigenvalue weighted by atomic mass is 10.1. The lowest BCUT2D eigenvalue weighted by Gasteiger charge is -2.07. The molecule has 0 aromatic rings. The van der Waals surface area contributed by atoms with E-state index in [4.69, 9.17) is 0 Å². The van der Waals surface area contributed by atoms with Crippen LogP contribution in [0.1, 0.15) is 27.2 Å². The summed E-state index contributed by atoms with van der Waals surface area (Å²) >= 11 is 3.29. The van der Waals surface area contributed by atoms with E-state index in [1.807, 2.05) is 20.8 Å². The molecule has 9 heavy (non-hydrogen) atoms. The Kier molecular flexibility index (Phi) is 4.11. The maximum Gasteiger partial charge on any atom is 0.148 e. The van der Waals surface area contributed by atoms with Gasteiger partial charge in [-0.15, -0.1) is 0 Å². The highest BCUT2D eigenvalue weighted by atomic mass is 79.9. The number of ketones is 1. The first kappa shape index (κ1) is 9.15. The summed E-state index contributed by atoms with van der Waals surface area (Å²) in [6.45, 7) is 5.85. The van der Waals surface area contributed by atoms with Gasteiger partial charge in [-0.1, -0.05) is 36.7 Å². The molecule has 0 spiro atoms. The van der Waals surface area contributed by atoms with E-state index in [-0.39, 0.29) is 10.7 Å². The first-order chi connectivity index (χ1) is 4.09. The maximum absolute atomic E-state index is 11.0. The third-order valence-electron chi connectivity index (χ3n) is 1.24. The summed E-state index contributed by atoms with van der Waals surface area (Å²) in [6, 6.07) is 0. The second-order valence-corrected chi connectivity index (χ2v) is 3.54. The highest BCUT2D eigenvalue weighted by Gasteiger charge is 2.14. The van der Waals surface area contributed by atoms with Crippen LogP contribution in [0.2, 0.25) is 0 Å². The van der Waals surface area contributed by atoms with Gasteiger partial charge in [0, 0.05) is 5.92 Å². The molecule has 0 bridgehead atoms. The molecular formula is C7H13BrO. The van der Waals surface area contributed by atoms with Crippen LogP contribution in [0, 0.1) is 5.92 Å². The summed E-state index contributed by atoms with van der Waals surface area (Å²) < 4.78 is 0. The van der Waals surface area contributed by atoms with Gasteiger partial charge < -0.3 is 0 Å². The second kappa shape index (κ2) is 4.04. The van der Waals surface area contributed by atoms with Crippen LogP contribution in [0.3, 0.4) is 0 Å². The standard InChI is InChI=1S/C7H13BrO/c1-4-6(8)7(9)5(2)3/h5-6H,4H2,1-3H3. The number of hydrogen-bond acceptors (Lipinski definition) is 1. The minimum atomic E-state index is 0.0671. The topological polar surface area (TPSA) is 17.1 Å². The van der Waals surface area contributed by atoms with Gasteiger partial charge >= 0.3 is 0 Å². The molecular weight excluding hydrogens is 180 g/mol. The molecule has 0 saturated carbocycles. The van der Waals surface area contributed by atoms with E-state index in [1.54, 1.807) is 0 Å². The first-order valence-electron chi connectivity index (χ1n) is 3.27. The number of rotatable bonds is 3. The van der Waals surface area contributed by atoms with E-state index in [2.05, 4.69) is 15.9 Å². The molecule has 0 aliphatic carbocycles. The smallest absolute Gasteiger partial charge is 0.148 e. The zero-order chi connectivity index (χ0) is 7.44. The minimum absolute atomic E-state index is 0.0671. The number of alkyl halides is 1. The number of carbonyl (C=O) groups excluding carboxylic acids is 1.